The number of amides is 2. The van der Waals surface area contributed by atoms with Gasteiger partial charge in [-0.3, -0.25) is 14.6 Å². The van der Waals surface area contributed by atoms with Gasteiger partial charge in [-0.15, -0.1) is 0 Å². The van der Waals surface area contributed by atoms with Crippen LogP contribution in [0.1, 0.15) is 17.5 Å². The van der Waals surface area contributed by atoms with Crippen LogP contribution < -0.4 is 10.2 Å². The summed E-state index contributed by atoms with van der Waals surface area (Å²) >= 11 is 0. The number of pyridine rings is 1. The van der Waals surface area contributed by atoms with Crippen molar-refractivity contribution in [2.24, 2.45) is 5.92 Å². The molecule has 1 saturated heterocycles. The highest BCUT2D eigenvalue weighted by atomic mass is 16.2. The van der Waals surface area contributed by atoms with Crippen molar-refractivity contribution in [1.29, 1.82) is 0 Å². The molecule has 5 heteroatoms. The zero-order valence-corrected chi connectivity index (χ0v) is 15.4. The number of carbonyl (C=O) groups excluding carboxylic acids is 2. The van der Waals surface area contributed by atoms with Gasteiger partial charge in [0.2, 0.25) is 11.8 Å². The van der Waals surface area contributed by atoms with Crippen LogP contribution in [0.4, 0.5) is 11.4 Å². The minimum atomic E-state index is -0.366. The average Bonchev–Trinajstić information content (AvgIpc) is 3.06. The van der Waals surface area contributed by atoms with Crippen molar-refractivity contribution in [3.63, 3.8) is 0 Å². The molecule has 2 amide bonds. The summed E-state index contributed by atoms with van der Waals surface area (Å²) < 4.78 is 0. The number of nitrogens with zero attached hydrogens (tertiary/aromatic N) is 2. The molecule has 1 N–H and O–H groups in total. The van der Waals surface area contributed by atoms with Gasteiger partial charge in [0.1, 0.15) is 0 Å². The van der Waals surface area contributed by atoms with E-state index in [0.29, 0.717) is 6.54 Å². The van der Waals surface area contributed by atoms with Crippen molar-refractivity contribution in [2.75, 3.05) is 16.8 Å². The molecule has 0 saturated carbocycles. The molecular formula is C22H21N3O2. The normalized spacial score (nSPS) is 16.7. The van der Waals surface area contributed by atoms with Gasteiger partial charge < -0.3 is 10.2 Å². The highest BCUT2D eigenvalue weighted by Gasteiger charge is 2.35. The topological polar surface area (TPSA) is 62.3 Å². The fourth-order valence-electron chi connectivity index (χ4n) is 3.61. The molecular weight excluding hydrogens is 338 g/mol. The van der Waals surface area contributed by atoms with Crippen molar-refractivity contribution in [1.82, 2.24) is 4.98 Å². The molecule has 0 unspecified atom stereocenters. The maximum atomic E-state index is 12.8. The number of rotatable bonds is 3. The molecule has 0 bridgehead atoms. The third-order valence-corrected chi connectivity index (χ3v) is 5.30. The SMILES string of the molecule is Cc1cccc(N2C[C@H](C(=O)Nc3cccc4cnccc34)CC2=O)c1C. The Hall–Kier alpha value is -3.21. The summed E-state index contributed by atoms with van der Waals surface area (Å²) in [6, 6.07) is 13.5. The minimum absolute atomic E-state index is 0.00836. The standard InChI is InChI=1S/C22H21N3O2/c1-14-5-3-8-20(15(14)2)25-13-17(11-21(25)26)22(27)24-19-7-4-6-16-12-23-10-9-18(16)19/h3-10,12,17H,11,13H2,1-2H3,(H,24,27)/t17-/m1/s1. The number of aromatic nitrogens is 1. The number of benzene rings is 2. The van der Waals surface area contributed by atoms with Gasteiger partial charge in [-0.05, 0) is 43.2 Å². The van der Waals surface area contributed by atoms with Gasteiger partial charge in [-0.1, -0.05) is 24.3 Å². The van der Waals surface area contributed by atoms with Crippen LogP contribution in [0.25, 0.3) is 10.8 Å². The van der Waals surface area contributed by atoms with E-state index in [1.165, 1.54) is 0 Å². The molecule has 1 aliphatic rings. The lowest BCUT2D eigenvalue weighted by molar-refractivity contribution is -0.122. The molecule has 1 fully saturated rings. The summed E-state index contributed by atoms with van der Waals surface area (Å²) in [5.74, 6) is -0.499. The summed E-state index contributed by atoms with van der Waals surface area (Å²) in [6.07, 6.45) is 3.71. The van der Waals surface area contributed by atoms with E-state index in [2.05, 4.69) is 10.3 Å². The van der Waals surface area contributed by atoms with Crippen LogP contribution in [0.3, 0.4) is 0 Å². The van der Waals surface area contributed by atoms with Gasteiger partial charge in [-0.25, -0.2) is 0 Å². The van der Waals surface area contributed by atoms with E-state index in [-0.39, 0.29) is 24.2 Å². The molecule has 2 heterocycles. The third-order valence-electron chi connectivity index (χ3n) is 5.30. The summed E-state index contributed by atoms with van der Waals surface area (Å²) in [5.41, 5.74) is 3.86. The van der Waals surface area contributed by atoms with E-state index < -0.39 is 0 Å². The first-order valence-electron chi connectivity index (χ1n) is 9.05. The minimum Gasteiger partial charge on any atom is -0.325 e. The van der Waals surface area contributed by atoms with Crippen LogP contribution in [0.5, 0.6) is 0 Å². The van der Waals surface area contributed by atoms with Crippen molar-refractivity contribution >= 4 is 34.0 Å². The zero-order chi connectivity index (χ0) is 19.0. The quantitative estimate of drug-likeness (QED) is 0.773. The Kier molecular flexibility index (Phi) is 4.36. The third kappa shape index (κ3) is 3.16. The summed E-state index contributed by atoms with van der Waals surface area (Å²) in [5, 5.41) is 4.91. The van der Waals surface area contributed by atoms with Gasteiger partial charge in [0.15, 0.2) is 0 Å². The Labute approximate surface area is 158 Å². The summed E-state index contributed by atoms with van der Waals surface area (Å²) in [6.45, 7) is 4.44. The fourth-order valence-corrected chi connectivity index (χ4v) is 3.61. The number of nitrogens with one attached hydrogen (secondary N) is 1. The number of fused-ring (bicyclic) bond motifs is 1. The van der Waals surface area contributed by atoms with Crippen LogP contribution in [0.2, 0.25) is 0 Å². The first kappa shape index (κ1) is 17.2. The van der Waals surface area contributed by atoms with Crippen LogP contribution in [-0.2, 0) is 9.59 Å². The molecule has 5 nitrogen and oxygen atoms in total. The molecule has 2 aromatic carbocycles. The first-order valence-corrected chi connectivity index (χ1v) is 9.05. The number of hydrogen-bond donors (Lipinski definition) is 1. The van der Waals surface area contributed by atoms with Crippen molar-refractivity contribution in [3.05, 3.63) is 66.0 Å². The average molecular weight is 359 g/mol. The Morgan fingerprint density at radius 1 is 1.15 bits per heavy atom. The molecule has 136 valence electrons. The van der Waals surface area contributed by atoms with Gasteiger partial charge in [0.25, 0.3) is 0 Å². The monoisotopic (exact) mass is 359 g/mol. The second-order valence-electron chi connectivity index (χ2n) is 7.02. The maximum absolute atomic E-state index is 12.8. The van der Waals surface area contributed by atoms with Crippen LogP contribution in [-0.4, -0.2) is 23.3 Å². The molecule has 0 radical (unpaired) electrons. The lowest BCUT2D eigenvalue weighted by Crippen LogP contribution is -2.28. The van der Waals surface area contributed by atoms with Crippen molar-refractivity contribution in [3.8, 4) is 0 Å². The van der Waals surface area contributed by atoms with E-state index in [1.54, 1.807) is 17.3 Å². The number of hydrogen-bond acceptors (Lipinski definition) is 3. The largest absolute Gasteiger partial charge is 0.325 e. The molecule has 1 aliphatic heterocycles. The maximum Gasteiger partial charge on any atom is 0.229 e. The Morgan fingerprint density at radius 2 is 1.96 bits per heavy atom. The Balaban J connectivity index is 1.55. The second-order valence-corrected chi connectivity index (χ2v) is 7.02. The van der Waals surface area contributed by atoms with Crippen LogP contribution >= 0.6 is 0 Å². The van der Waals surface area contributed by atoms with E-state index >= 15 is 0 Å². The van der Waals surface area contributed by atoms with E-state index in [0.717, 1.165) is 33.3 Å². The van der Waals surface area contributed by atoms with E-state index in [9.17, 15) is 9.59 Å². The lowest BCUT2D eigenvalue weighted by Gasteiger charge is -2.20. The molecule has 4 rings (SSSR count). The van der Waals surface area contributed by atoms with Crippen LogP contribution in [0.15, 0.2) is 54.9 Å². The first-order chi connectivity index (χ1) is 13.0. The molecule has 0 aliphatic carbocycles. The number of carbonyl (C=O) groups is 2. The van der Waals surface area contributed by atoms with Gasteiger partial charge >= 0.3 is 0 Å². The smallest absolute Gasteiger partial charge is 0.229 e. The highest BCUT2D eigenvalue weighted by Crippen LogP contribution is 2.30. The lowest BCUT2D eigenvalue weighted by atomic mass is 10.1. The molecule has 27 heavy (non-hydrogen) atoms. The van der Waals surface area contributed by atoms with Crippen molar-refractivity contribution in [2.45, 2.75) is 20.3 Å². The summed E-state index contributed by atoms with van der Waals surface area (Å²) in [4.78, 5) is 31.2. The molecule has 1 aromatic heterocycles. The van der Waals surface area contributed by atoms with E-state index in [4.69, 9.17) is 0 Å². The Morgan fingerprint density at radius 3 is 2.81 bits per heavy atom. The highest BCUT2D eigenvalue weighted by molar-refractivity contribution is 6.07. The predicted molar refractivity (Wildman–Crippen MR) is 107 cm³/mol. The number of anilines is 2. The molecule has 0 spiro atoms. The Bertz CT molecular complexity index is 1040. The van der Waals surface area contributed by atoms with Gasteiger partial charge in [0.05, 0.1) is 5.92 Å². The molecule has 3 aromatic rings. The van der Waals surface area contributed by atoms with Crippen molar-refractivity contribution < 1.29 is 9.59 Å². The zero-order valence-electron chi connectivity index (χ0n) is 15.4. The van der Waals surface area contributed by atoms with Crippen LogP contribution in [0, 0.1) is 19.8 Å². The predicted octanol–water partition coefficient (Wildman–Crippen LogP) is 3.84. The van der Waals surface area contributed by atoms with Gasteiger partial charge in [-0.2, -0.15) is 0 Å². The summed E-state index contributed by atoms with van der Waals surface area (Å²) in [7, 11) is 0. The molecule has 1 atom stereocenters. The van der Waals surface area contributed by atoms with Gasteiger partial charge in [0, 0.05) is 47.5 Å². The fraction of sp³-hybridized carbons (Fsp3) is 0.227. The second kappa shape index (κ2) is 6.83. The van der Waals surface area contributed by atoms with E-state index in [1.807, 2.05) is 56.3 Å². The number of aryl methyl sites for hydroxylation is 1.